The van der Waals surface area contributed by atoms with Crippen LogP contribution < -0.4 is 0 Å². The maximum atomic E-state index is 9.62. The summed E-state index contributed by atoms with van der Waals surface area (Å²) in [6, 6.07) is 0. The van der Waals surface area contributed by atoms with E-state index in [0.29, 0.717) is 19.0 Å². The third kappa shape index (κ3) is 4.07. The van der Waals surface area contributed by atoms with Crippen molar-refractivity contribution < 1.29 is 10.2 Å². The first-order chi connectivity index (χ1) is 5.87. The van der Waals surface area contributed by atoms with Gasteiger partial charge in [-0.3, -0.25) is 4.90 Å². The fraction of sp³-hybridized carbons (Fsp3) is 1.00. The monoisotopic (exact) mass is 187 g/mol. The van der Waals surface area contributed by atoms with Gasteiger partial charge in [-0.2, -0.15) is 0 Å². The number of hydrogen-bond donors (Lipinski definition) is 2. The maximum Gasteiger partial charge on any atom is 0.0718 e. The molecule has 0 aliphatic carbocycles. The second-order valence-electron chi connectivity index (χ2n) is 5.00. The molecule has 1 aliphatic heterocycles. The van der Waals surface area contributed by atoms with Crippen molar-refractivity contribution in [1.29, 1.82) is 0 Å². The Morgan fingerprint density at radius 2 is 2.00 bits per heavy atom. The van der Waals surface area contributed by atoms with Gasteiger partial charge < -0.3 is 10.2 Å². The Balaban J connectivity index is 2.42. The van der Waals surface area contributed by atoms with Crippen molar-refractivity contribution in [3.63, 3.8) is 0 Å². The van der Waals surface area contributed by atoms with Gasteiger partial charge in [0, 0.05) is 19.6 Å². The van der Waals surface area contributed by atoms with Crippen LogP contribution in [0.5, 0.6) is 0 Å². The van der Waals surface area contributed by atoms with E-state index in [1.807, 2.05) is 0 Å². The molecule has 1 heterocycles. The Labute approximate surface area is 80.4 Å². The minimum Gasteiger partial charge on any atom is -0.392 e. The minimum atomic E-state index is -0.656. The largest absolute Gasteiger partial charge is 0.392 e. The second-order valence-corrected chi connectivity index (χ2v) is 5.00. The highest BCUT2D eigenvalue weighted by molar-refractivity contribution is 4.80. The van der Waals surface area contributed by atoms with Gasteiger partial charge >= 0.3 is 0 Å². The van der Waals surface area contributed by atoms with Crippen LogP contribution in [0, 0.1) is 5.92 Å². The Kier molecular flexibility index (Phi) is 3.33. The highest BCUT2D eigenvalue weighted by Gasteiger charge is 2.26. The Hall–Kier alpha value is -0.120. The predicted molar refractivity (Wildman–Crippen MR) is 52.5 cm³/mol. The fourth-order valence-corrected chi connectivity index (χ4v) is 2.10. The molecule has 0 aromatic heterocycles. The molecule has 0 spiro atoms. The number of aliphatic hydroxyl groups excluding tert-OH is 1. The van der Waals surface area contributed by atoms with Crippen LogP contribution in [0.15, 0.2) is 0 Å². The maximum absolute atomic E-state index is 9.62. The molecule has 0 amide bonds. The molecule has 1 aliphatic rings. The van der Waals surface area contributed by atoms with E-state index in [2.05, 4.69) is 11.8 Å². The van der Waals surface area contributed by atoms with Gasteiger partial charge in [-0.15, -0.1) is 0 Å². The lowest BCUT2D eigenvalue weighted by molar-refractivity contribution is -0.0117. The highest BCUT2D eigenvalue weighted by Crippen LogP contribution is 2.18. The Bertz CT molecular complexity index is 155. The van der Waals surface area contributed by atoms with Crippen LogP contribution in [0.2, 0.25) is 0 Å². The number of aliphatic hydroxyl groups is 2. The third-order valence-electron chi connectivity index (χ3n) is 2.32. The molecule has 2 atom stereocenters. The van der Waals surface area contributed by atoms with Gasteiger partial charge in [0.2, 0.25) is 0 Å². The molecule has 3 nitrogen and oxygen atoms in total. The van der Waals surface area contributed by atoms with E-state index in [4.69, 9.17) is 0 Å². The average molecular weight is 187 g/mol. The number of hydrogen-bond acceptors (Lipinski definition) is 3. The van der Waals surface area contributed by atoms with Gasteiger partial charge in [0.15, 0.2) is 0 Å². The van der Waals surface area contributed by atoms with Crippen molar-refractivity contribution >= 4 is 0 Å². The minimum absolute atomic E-state index is 0.217. The molecule has 0 aromatic carbocycles. The molecule has 78 valence electrons. The Morgan fingerprint density at radius 3 is 2.46 bits per heavy atom. The van der Waals surface area contributed by atoms with Crippen LogP contribution in [-0.4, -0.2) is 46.5 Å². The smallest absolute Gasteiger partial charge is 0.0718 e. The molecule has 1 rings (SSSR count). The summed E-state index contributed by atoms with van der Waals surface area (Å²) in [5.74, 6) is 0.533. The molecule has 0 bridgehead atoms. The summed E-state index contributed by atoms with van der Waals surface area (Å²) in [5.41, 5.74) is -0.656. The number of rotatable bonds is 2. The lowest BCUT2D eigenvalue weighted by Gasteiger charge is -2.37. The molecular weight excluding hydrogens is 166 g/mol. The van der Waals surface area contributed by atoms with Crippen molar-refractivity contribution in [2.75, 3.05) is 19.6 Å². The van der Waals surface area contributed by atoms with Gasteiger partial charge in [0.25, 0.3) is 0 Å². The molecule has 0 aromatic rings. The van der Waals surface area contributed by atoms with Crippen molar-refractivity contribution in [1.82, 2.24) is 4.90 Å². The predicted octanol–water partition coefficient (Wildman–Crippen LogP) is 0.460. The second kappa shape index (κ2) is 3.95. The van der Waals surface area contributed by atoms with Crippen LogP contribution in [0.3, 0.4) is 0 Å². The number of piperidine rings is 1. The Morgan fingerprint density at radius 1 is 1.38 bits per heavy atom. The summed E-state index contributed by atoms with van der Waals surface area (Å²) in [6.45, 7) is 8.08. The SMILES string of the molecule is C[C@@H]1C[C@H](O)CN(CC(C)(C)O)C1. The molecule has 0 radical (unpaired) electrons. The lowest BCUT2D eigenvalue weighted by atomic mass is 9.96. The number of likely N-dealkylation sites (tertiary alicyclic amines) is 1. The van der Waals surface area contributed by atoms with E-state index in [-0.39, 0.29) is 6.10 Å². The average Bonchev–Trinajstić information content (AvgIpc) is 1.78. The lowest BCUT2D eigenvalue weighted by Crippen LogP contribution is -2.48. The van der Waals surface area contributed by atoms with Gasteiger partial charge in [-0.05, 0) is 26.2 Å². The quantitative estimate of drug-likeness (QED) is 0.660. The van der Waals surface area contributed by atoms with Gasteiger partial charge in [-0.1, -0.05) is 6.92 Å². The molecule has 1 saturated heterocycles. The zero-order valence-corrected chi connectivity index (χ0v) is 8.82. The van der Waals surface area contributed by atoms with Crippen LogP contribution in [0.1, 0.15) is 27.2 Å². The number of nitrogens with zero attached hydrogens (tertiary/aromatic N) is 1. The zero-order chi connectivity index (χ0) is 10.1. The molecule has 0 saturated carbocycles. The van der Waals surface area contributed by atoms with E-state index >= 15 is 0 Å². The molecule has 0 unspecified atom stereocenters. The third-order valence-corrected chi connectivity index (χ3v) is 2.32. The van der Waals surface area contributed by atoms with E-state index in [0.717, 1.165) is 13.0 Å². The summed E-state index contributed by atoms with van der Waals surface area (Å²) in [5, 5.41) is 19.1. The van der Waals surface area contributed by atoms with Crippen molar-refractivity contribution in [2.45, 2.75) is 38.9 Å². The summed E-state index contributed by atoms with van der Waals surface area (Å²) in [4.78, 5) is 2.14. The van der Waals surface area contributed by atoms with Crippen LogP contribution in [-0.2, 0) is 0 Å². The van der Waals surface area contributed by atoms with Gasteiger partial charge in [0.05, 0.1) is 11.7 Å². The normalized spacial score (nSPS) is 32.1. The topological polar surface area (TPSA) is 43.7 Å². The standard InChI is InChI=1S/C10H21NO2/c1-8-4-9(12)6-11(5-8)7-10(2,3)13/h8-9,12-13H,4-7H2,1-3H3/t8-,9+/m1/s1. The number of β-amino-alcohol motifs (C(OH)–C–C–N with tert-alkyl or cyclic N) is 2. The fourth-order valence-electron chi connectivity index (χ4n) is 2.10. The van der Waals surface area contributed by atoms with Crippen molar-refractivity contribution in [3.8, 4) is 0 Å². The van der Waals surface area contributed by atoms with E-state index in [1.54, 1.807) is 13.8 Å². The van der Waals surface area contributed by atoms with Crippen LogP contribution in [0.25, 0.3) is 0 Å². The first-order valence-corrected chi connectivity index (χ1v) is 4.99. The molecular formula is C10H21NO2. The summed E-state index contributed by atoms with van der Waals surface area (Å²) >= 11 is 0. The molecule has 1 fully saturated rings. The van der Waals surface area contributed by atoms with E-state index in [1.165, 1.54) is 0 Å². The molecule has 3 heteroatoms. The van der Waals surface area contributed by atoms with E-state index < -0.39 is 5.60 Å². The van der Waals surface area contributed by atoms with Crippen LogP contribution >= 0.6 is 0 Å². The van der Waals surface area contributed by atoms with Gasteiger partial charge in [0.1, 0.15) is 0 Å². The highest BCUT2D eigenvalue weighted by atomic mass is 16.3. The summed E-state index contributed by atoms with van der Waals surface area (Å²) < 4.78 is 0. The van der Waals surface area contributed by atoms with E-state index in [9.17, 15) is 10.2 Å². The van der Waals surface area contributed by atoms with Crippen molar-refractivity contribution in [3.05, 3.63) is 0 Å². The summed E-state index contributed by atoms with van der Waals surface area (Å²) in [7, 11) is 0. The first-order valence-electron chi connectivity index (χ1n) is 4.99. The van der Waals surface area contributed by atoms with Crippen molar-refractivity contribution in [2.24, 2.45) is 5.92 Å². The molecule has 2 N–H and O–H groups in total. The van der Waals surface area contributed by atoms with Crippen LogP contribution in [0.4, 0.5) is 0 Å². The summed E-state index contributed by atoms with van der Waals surface area (Å²) in [6.07, 6.45) is 0.675. The zero-order valence-electron chi connectivity index (χ0n) is 8.82. The van der Waals surface area contributed by atoms with Gasteiger partial charge in [-0.25, -0.2) is 0 Å². The first kappa shape index (κ1) is 11.0. The molecule has 13 heavy (non-hydrogen) atoms.